The standard InChI is InChI=1S/C16H20ClN3O3S/c1-11-7-13(14(23-3)8-12(11)17)19-15(21)9-24-10-16(22)20(2)6-4-5-18/h7-8H,4,6,9-10H2,1-3H3,(H,19,21). The largest absolute Gasteiger partial charge is 0.495 e. The van der Waals surface area contributed by atoms with Crippen molar-refractivity contribution in [3.63, 3.8) is 0 Å². The number of aryl methyl sites for hydroxylation is 1. The van der Waals surface area contributed by atoms with Gasteiger partial charge in [0.25, 0.3) is 0 Å². The van der Waals surface area contributed by atoms with Crippen molar-refractivity contribution in [3.05, 3.63) is 22.7 Å². The lowest BCUT2D eigenvalue weighted by atomic mass is 10.2. The van der Waals surface area contributed by atoms with Crippen molar-refractivity contribution in [3.8, 4) is 11.8 Å². The number of hydrogen-bond acceptors (Lipinski definition) is 5. The van der Waals surface area contributed by atoms with E-state index in [1.807, 2.05) is 13.0 Å². The van der Waals surface area contributed by atoms with Crippen LogP contribution in [0, 0.1) is 18.3 Å². The van der Waals surface area contributed by atoms with Gasteiger partial charge in [0.2, 0.25) is 11.8 Å². The molecule has 1 aromatic rings. The van der Waals surface area contributed by atoms with Gasteiger partial charge in [-0.25, -0.2) is 0 Å². The van der Waals surface area contributed by atoms with Crippen LogP contribution in [0.5, 0.6) is 5.75 Å². The van der Waals surface area contributed by atoms with Crippen molar-refractivity contribution in [2.45, 2.75) is 13.3 Å². The summed E-state index contributed by atoms with van der Waals surface area (Å²) >= 11 is 7.24. The number of carbonyl (C=O) groups is 2. The summed E-state index contributed by atoms with van der Waals surface area (Å²) in [5, 5.41) is 11.8. The molecular weight excluding hydrogens is 350 g/mol. The van der Waals surface area contributed by atoms with Crippen molar-refractivity contribution in [2.75, 3.05) is 37.5 Å². The summed E-state index contributed by atoms with van der Waals surface area (Å²) in [4.78, 5) is 25.3. The number of methoxy groups -OCH3 is 1. The molecule has 2 amide bonds. The summed E-state index contributed by atoms with van der Waals surface area (Å²) in [6, 6.07) is 5.38. The molecule has 0 heterocycles. The smallest absolute Gasteiger partial charge is 0.234 e. The number of hydrogen-bond donors (Lipinski definition) is 1. The fourth-order valence-corrected chi connectivity index (χ4v) is 2.71. The number of halogens is 1. The molecule has 8 heteroatoms. The third-order valence-electron chi connectivity index (χ3n) is 3.20. The van der Waals surface area contributed by atoms with Crippen molar-refractivity contribution in [2.24, 2.45) is 0 Å². The van der Waals surface area contributed by atoms with Crippen molar-refractivity contribution < 1.29 is 14.3 Å². The Bertz CT molecular complexity index is 646. The first-order valence-corrected chi connectivity index (χ1v) is 8.75. The Balaban J connectivity index is 2.49. The van der Waals surface area contributed by atoms with Crippen LogP contribution in [0.3, 0.4) is 0 Å². The maximum Gasteiger partial charge on any atom is 0.234 e. The molecule has 0 bridgehead atoms. The predicted molar refractivity (Wildman–Crippen MR) is 96.6 cm³/mol. The van der Waals surface area contributed by atoms with E-state index < -0.39 is 0 Å². The molecule has 0 aromatic heterocycles. The first kappa shape index (κ1) is 20.1. The second-order valence-electron chi connectivity index (χ2n) is 5.07. The molecule has 130 valence electrons. The number of rotatable bonds is 8. The highest BCUT2D eigenvalue weighted by Crippen LogP contribution is 2.30. The van der Waals surface area contributed by atoms with Crippen LogP contribution in [0.15, 0.2) is 12.1 Å². The predicted octanol–water partition coefficient (Wildman–Crippen LogP) is 2.70. The second kappa shape index (κ2) is 10.1. The number of nitriles is 1. The lowest BCUT2D eigenvalue weighted by Gasteiger charge is -2.15. The number of nitrogens with one attached hydrogen (secondary N) is 1. The first-order chi connectivity index (χ1) is 11.4. The van der Waals surface area contributed by atoms with E-state index in [-0.39, 0.29) is 23.3 Å². The van der Waals surface area contributed by atoms with Crippen LogP contribution >= 0.6 is 23.4 Å². The summed E-state index contributed by atoms with van der Waals surface area (Å²) in [5.74, 6) is 0.473. The van der Waals surface area contributed by atoms with Gasteiger partial charge < -0.3 is 15.0 Å². The number of anilines is 1. The molecule has 0 fully saturated rings. The minimum atomic E-state index is -0.229. The maximum atomic E-state index is 12.0. The quantitative estimate of drug-likeness (QED) is 0.761. The second-order valence-corrected chi connectivity index (χ2v) is 6.46. The van der Waals surface area contributed by atoms with Crippen molar-refractivity contribution >= 4 is 40.9 Å². The van der Waals surface area contributed by atoms with Gasteiger partial charge in [0.05, 0.1) is 36.8 Å². The molecule has 1 aromatic carbocycles. The van der Waals surface area contributed by atoms with E-state index in [2.05, 4.69) is 5.32 Å². The minimum Gasteiger partial charge on any atom is -0.495 e. The van der Waals surface area contributed by atoms with Crippen LogP contribution in [0.4, 0.5) is 5.69 Å². The van der Waals surface area contributed by atoms with Gasteiger partial charge in [-0.1, -0.05) is 11.6 Å². The highest BCUT2D eigenvalue weighted by atomic mass is 35.5. The molecule has 24 heavy (non-hydrogen) atoms. The molecule has 0 aliphatic heterocycles. The summed E-state index contributed by atoms with van der Waals surface area (Å²) in [6.45, 7) is 2.23. The molecule has 6 nitrogen and oxygen atoms in total. The van der Waals surface area contributed by atoms with Crippen LogP contribution in [0.2, 0.25) is 5.02 Å². The molecule has 0 saturated heterocycles. The number of carbonyl (C=O) groups excluding carboxylic acids is 2. The van der Waals surface area contributed by atoms with E-state index in [4.69, 9.17) is 21.6 Å². The molecule has 0 atom stereocenters. The van der Waals surface area contributed by atoms with E-state index >= 15 is 0 Å². The highest BCUT2D eigenvalue weighted by Gasteiger charge is 2.12. The number of ether oxygens (including phenoxy) is 1. The van der Waals surface area contributed by atoms with Crippen LogP contribution in [0.25, 0.3) is 0 Å². The third-order valence-corrected chi connectivity index (χ3v) is 4.52. The van der Waals surface area contributed by atoms with Crippen LogP contribution in [-0.2, 0) is 9.59 Å². The monoisotopic (exact) mass is 369 g/mol. The van der Waals surface area contributed by atoms with E-state index in [1.165, 1.54) is 23.8 Å². The van der Waals surface area contributed by atoms with E-state index in [0.717, 1.165) is 5.56 Å². The normalized spacial score (nSPS) is 9.96. The number of amides is 2. The Morgan fingerprint density at radius 1 is 1.42 bits per heavy atom. The van der Waals surface area contributed by atoms with Gasteiger partial charge in [-0.05, 0) is 18.6 Å². The topological polar surface area (TPSA) is 82.4 Å². The molecule has 1 rings (SSSR count). The van der Waals surface area contributed by atoms with Crippen LogP contribution in [0.1, 0.15) is 12.0 Å². The number of nitrogens with zero attached hydrogens (tertiary/aromatic N) is 2. The summed E-state index contributed by atoms with van der Waals surface area (Å²) in [7, 11) is 3.14. The Labute approximate surface area is 151 Å². The number of thioether (sulfide) groups is 1. The third kappa shape index (κ3) is 6.30. The van der Waals surface area contributed by atoms with Gasteiger partial charge in [-0.3, -0.25) is 9.59 Å². The van der Waals surface area contributed by atoms with Gasteiger partial charge >= 0.3 is 0 Å². The average molecular weight is 370 g/mol. The summed E-state index contributed by atoms with van der Waals surface area (Å²) < 4.78 is 5.20. The molecule has 1 N–H and O–H groups in total. The lowest BCUT2D eigenvalue weighted by molar-refractivity contribution is -0.127. The Hall–Kier alpha value is -1.91. The van der Waals surface area contributed by atoms with Crippen molar-refractivity contribution in [1.82, 2.24) is 4.90 Å². The highest BCUT2D eigenvalue weighted by molar-refractivity contribution is 8.00. The number of benzene rings is 1. The van der Waals surface area contributed by atoms with E-state index in [1.54, 1.807) is 19.2 Å². The molecule has 0 spiro atoms. The average Bonchev–Trinajstić information content (AvgIpc) is 2.55. The summed E-state index contributed by atoms with van der Waals surface area (Å²) in [6.07, 6.45) is 0.295. The molecule has 0 unspecified atom stereocenters. The van der Waals surface area contributed by atoms with E-state index in [0.29, 0.717) is 29.4 Å². The van der Waals surface area contributed by atoms with E-state index in [9.17, 15) is 9.59 Å². The fourth-order valence-electron chi connectivity index (χ4n) is 1.80. The maximum absolute atomic E-state index is 12.0. The van der Waals surface area contributed by atoms with Crippen molar-refractivity contribution in [1.29, 1.82) is 5.26 Å². The van der Waals surface area contributed by atoms with Gasteiger partial charge in [-0.15, -0.1) is 11.8 Å². The van der Waals surface area contributed by atoms with Gasteiger partial charge in [0, 0.05) is 24.7 Å². The minimum absolute atomic E-state index is 0.108. The van der Waals surface area contributed by atoms with Gasteiger partial charge in [-0.2, -0.15) is 5.26 Å². The Morgan fingerprint density at radius 2 is 2.12 bits per heavy atom. The van der Waals surface area contributed by atoms with Crippen LogP contribution < -0.4 is 10.1 Å². The zero-order valence-corrected chi connectivity index (χ0v) is 15.5. The zero-order chi connectivity index (χ0) is 18.1. The molecule has 0 radical (unpaired) electrons. The summed E-state index contributed by atoms with van der Waals surface area (Å²) in [5.41, 5.74) is 1.37. The molecule has 0 aliphatic rings. The van der Waals surface area contributed by atoms with Gasteiger partial charge in [0.15, 0.2) is 0 Å². The lowest BCUT2D eigenvalue weighted by Crippen LogP contribution is -2.29. The Kier molecular flexibility index (Phi) is 8.44. The SMILES string of the molecule is COc1cc(Cl)c(C)cc1NC(=O)CSCC(=O)N(C)CCC#N. The van der Waals surface area contributed by atoms with Crippen LogP contribution in [-0.4, -0.2) is 48.9 Å². The van der Waals surface area contributed by atoms with Gasteiger partial charge in [0.1, 0.15) is 5.75 Å². The fraction of sp³-hybridized carbons (Fsp3) is 0.438. The first-order valence-electron chi connectivity index (χ1n) is 7.21. The zero-order valence-electron chi connectivity index (χ0n) is 13.9. The Morgan fingerprint density at radius 3 is 2.75 bits per heavy atom. The molecule has 0 saturated carbocycles. The molecular formula is C16H20ClN3O3S. The molecule has 0 aliphatic carbocycles.